The van der Waals surface area contributed by atoms with Crippen LogP contribution in [0.1, 0.15) is 18.1 Å². The molecule has 1 aliphatic heterocycles. The van der Waals surface area contributed by atoms with Gasteiger partial charge in [0.05, 0.1) is 4.90 Å². The summed E-state index contributed by atoms with van der Waals surface area (Å²) >= 11 is 6.27. The summed E-state index contributed by atoms with van der Waals surface area (Å²) in [6.45, 7) is 1.79. The first-order chi connectivity index (χ1) is 15.6. The molecule has 3 N–H and O–H groups in total. The first-order valence-corrected chi connectivity index (χ1v) is 12.1. The van der Waals surface area contributed by atoms with Crippen molar-refractivity contribution >= 4 is 33.5 Å². The number of aliphatic imine (C=N–C) groups is 1. The van der Waals surface area contributed by atoms with E-state index in [0.717, 1.165) is 16.7 Å². The molecule has 0 fully saturated rings. The maximum absolute atomic E-state index is 12.8. The highest BCUT2D eigenvalue weighted by Crippen LogP contribution is 2.35. The Labute approximate surface area is 197 Å². The molecule has 0 radical (unpaired) electrons. The highest BCUT2D eigenvalue weighted by Gasteiger charge is 2.43. The maximum atomic E-state index is 12.8. The molecule has 0 aromatic heterocycles. The molecular weight excluding hydrogens is 460 g/mol. The summed E-state index contributed by atoms with van der Waals surface area (Å²) in [5, 5.41) is 0.509. The third-order valence-corrected chi connectivity index (χ3v) is 7.37. The second-order valence-electron chi connectivity index (χ2n) is 7.93. The number of halogens is 1. The standard InChI is InChI=1S/C24H23ClN4O3S/c1-24(22(30)29(2)23(26)28-24)18-8-6-7-16(13-18)21-14-19(25)12-11-17(21)15-27-33(31,32)20-9-4-3-5-10-20/h3-14,27H,15H2,1-2H3,(H2,26,28). The van der Waals surface area contributed by atoms with E-state index in [1.807, 2.05) is 24.3 Å². The lowest BCUT2D eigenvalue weighted by atomic mass is 9.89. The third-order valence-electron chi connectivity index (χ3n) is 5.72. The van der Waals surface area contributed by atoms with Crippen LogP contribution < -0.4 is 10.5 Å². The fraction of sp³-hybridized carbons (Fsp3) is 0.167. The first-order valence-electron chi connectivity index (χ1n) is 10.2. The number of benzene rings is 3. The number of likely N-dealkylation sites (N-methyl/N-ethyl adjacent to an activating group) is 1. The quantitative estimate of drug-likeness (QED) is 0.561. The van der Waals surface area contributed by atoms with E-state index in [1.54, 1.807) is 50.4 Å². The van der Waals surface area contributed by atoms with E-state index in [4.69, 9.17) is 17.3 Å². The van der Waals surface area contributed by atoms with Gasteiger partial charge >= 0.3 is 0 Å². The average Bonchev–Trinajstić information content (AvgIpc) is 3.02. The zero-order valence-electron chi connectivity index (χ0n) is 18.1. The Kier molecular flexibility index (Phi) is 6.00. The molecule has 4 rings (SSSR count). The van der Waals surface area contributed by atoms with E-state index < -0.39 is 15.6 Å². The minimum absolute atomic E-state index is 0.0675. The lowest BCUT2D eigenvalue weighted by molar-refractivity contribution is -0.130. The monoisotopic (exact) mass is 482 g/mol. The minimum Gasteiger partial charge on any atom is -0.369 e. The van der Waals surface area contributed by atoms with Crippen LogP contribution in [0.15, 0.2) is 82.7 Å². The molecule has 3 aromatic carbocycles. The number of hydrogen-bond acceptors (Lipinski definition) is 5. The minimum atomic E-state index is -3.68. The van der Waals surface area contributed by atoms with Crippen molar-refractivity contribution in [2.24, 2.45) is 10.7 Å². The Morgan fingerprint density at radius 3 is 2.45 bits per heavy atom. The summed E-state index contributed by atoms with van der Waals surface area (Å²) in [5.41, 5.74) is 7.68. The van der Waals surface area contributed by atoms with Crippen LogP contribution in [0.5, 0.6) is 0 Å². The number of carbonyl (C=O) groups excluding carboxylic acids is 1. The molecule has 170 valence electrons. The van der Waals surface area contributed by atoms with Crippen LogP contribution in [-0.2, 0) is 26.9 Å². The van der Waals surface area contributed by atoms with Gasteiger partial charge in [-0.1, -0.05) is 54.1 Å². The van der Waals surface area contributed by atoms with Crippen molar-refractivity contribution in [3.05, 3.63) is 88.9 Å². The van der Waals surface area contributed by atoms with E-state index >= 15 is 0 Å². The van der Waals surface area contributed by atoms with E-state index in [9.17, 15) is 13.2 Å². The van der Waals surface area contributed by atoms with Gasteiger partial charge in [0.15, 0.2) is 11.5 Å². The Morgan fingerprint density at radius 2 is 1.79 bits per heavy atom. The van der Waals surface area contributed by atoms with Gasteiger partial charge in [0.25, 0.3) is 5.91 Å². The van der Waals surface area contributed by atoms with Crippen LogP contribution in [0.3, 0.4) is 0 Å². The molecule has 0 aliphatic carbocycles. The molecule has 0 bridgehead atoms. The zero-order valence-corrected chi connectivity index (χ0v) is 19.7. The summed E-state index contributed by atoms with van der Waals surface area (Å²) in [6.07, 6.45) is 0. The van der Waals surface area contributed by atoms with Crippen molar-refractivity contribution < 1.29 is 13.2 Å². The molecule has 0 saturated carbocycles. The molecule has 7 nitrogen and oxygen atoms in total. The molecular formula is C24H23ClN4O3S. The summed E-state index contributed by atoms with van der Waals surface area (Å²) in [4.78, 5) is 18.7. The number of hydrogen-bond donors (Lipinski definition) is 2. The van der Waals surface area contributed by atoms with Crippen LogP contribution in [0, 0.1) is 0 Å². The Balaban J connectivity index is 1.69. The smallest absolute Gasteiger partial charge is 0.261 e. The molecule has 1 aliphatic rings. The number of sulfonamides is 1. The fourth-order valence-electron chi connectivity index (χ4n) is 3.79. The van der Waals surface area contributed by atoms with Gasteiger partial charge in [-0.05, 0) is 59.5 Å². The van der Waals surface area contributed by atoms with Gasteiger partial charge in [-0.2, -0.15) is 0 Å². The summed E-state index contributed by atoms with van der Waals surface area (Å²) in [5.74, 6) is -0.0641. The van der Waals surface area contributed by atoms with Crippen LogP contribution in [0.25, 0.3) is 11.1 Å². The molecule has 1 heterocycles. The van der Waals surface area contributed by atoms with Crippen molar-refractivity contribution in [1.82, 2.24) is 9.62 Å². The van der Waals surface area contributed by atoms with Gasteiger partial charge < -0.3 is 5.73 Å². The third kappa shape index (κ3) is 4.37. The van der Waals surface area contributed by atoms with Gasteiger partial charge in [0.2, 0.25) is 10.0 Å². The number of carbonyl (C=O) groups is 1. The Hall–Kier alpha value is -3.20. The van der Waals surface area contributed by atoms with Crippen LogP contribution >= 0.6 is 11.6 Å². The van der Waals surface area contributed by atoms with Gasteiger partial charge in [-0.15, -0.1) is 0 Å². The molecule has 1 amide bonds. The lowest BCUT2D eigenvalue weighted by Gasteiger charge is -2.21. The van der Waals surface area contributed by atoms with Crippen LogP contribution in [0.4, 0.5) is 0 Å². The summed E-state index contributed by atoms with van der Waals surface area (Å²) in [6, 6.07) is 20.8. The van der Waals surface area contributed by atoms with Gasteiger partial charge in [0, 0.05) is 18.6 Å². The van der Waals surface area contributed by atoms with Crippen LogP contribution in [-0.4, -0.2) is 32.2 Å². The SMILES string of the molecule is CN1C(=O)C(C)(c2cccc(-c3cc(Cl)ccc3CNS(=O)(=O)c3ccccc3)c2)N=C1N. The number of rotatable bonds is 6. The van der Waals surface area contributed by atoms with Crippen LogP contribution in [0.2, 0.25) is 5.02 Å². The molecule has 9 heteroatoms. The zero-order chi connectivity index (χ0) is 23.8. The normalized spacial score (nSPS) is 18.5. The van der Waals surface area contributed by atoms with Gasteiger partial charge in [0.1, 0.15) is 0 Å². The highest BCUT2D eigenvalue weighted by molar-refractivity contribution is 7.89. The first kappa shape index (κ1) is 23.0. The molecule has 0 saturated heterocycles. The molecule has 3 aromatic rings. The number of nitrogens with one attached hydrogen (secondary N) is 1. The van der Waals surface area contributed by atoms with E-state index in [0.29, 0.717) is 10.6 Å². The summed E-state index contributed by atoms with van der Waals surface area (Å²) in [7, 11) is -2.10. The molecule has 0 spiro atoms. The fourth-order valence-corrected chi connectivity index (χ4v) is 4.99. The molecule has 1 unspecified atom stereocenters. The summed E-state index contributed by atoms with van der Waals surface area (Å²) < 4.78 is 28.0. The number of nitrogens with zero attached hydrogens (tertiary/aromatic N) is 2. The Morgan fingerprint density at radius 1 is 1.06 bits per heavy atom. The van der Waals surface area contributed by atoms with Crippen molar-refractivity contribution in [3.63, 3.8) is 0 Å². The van der Waals surface area contributed by atoms with Crippen molar-refractivity contribution in [2.45, 2.75) is 23.9 Å². The van der Waals surface area contributed by atoms with Gasteiger partial charge in [-0.25, -0.2) is 18.1 Å². The molecule has 1 atom stereocenters. The topological polar surface area (TPSA) is 105 Å². The number of amides is 1. The second-order valence-corrected chi connectivity index (χ2v) is 10.1. The van der Waals surface area contributed by atoms with Crippen molar-refractivity contribution in [1.29, 1.82) is 0 Å². The predicted molar refractivity (Wildman–Crippen MR) is 129 cm³/mol. The average molecular weight is 483 g/mol. The van der Waals surface area contributed by atoms with Crippen molar-refractivity contribution in [3.8, 4) is 11.1 Å². The Bertz CT molecular complexity index is 1360. The molecule has 33 heavy (non-hydrogen) atoms. The van der Waals surface area contributed by atoms with Gasteiger partial charge in [-0.3, -0.25) is 9.69 Å². The highest BCUT2D eigenvalue weighted by atomic mass is 35.5. The van der Waals surface area contributed by atoms with E-state index in [1.165, 1.54) is 17.0 Å². The number of guanidine groups is 1. The second kappa shape index (κ2) is 8.62. The predicted octanol–water partition coefficient (Wildman–Crippen LogP) is 3.49. The lowest BCUT2D eigenvalue weighted by Crippen LogP contribution is -2.38. The number of nitrogens with two attached hydrogens (primary N) is 1. The van der Waals surface area contributed by atoms with E-state index in [2.05, 4.69) is 9.71 Å². The largest absolute Gasteiger partial charge is 0.369 e. The maximum Gasteiger partial charge on any atom is 0.261 e. The van der Waals surface area contributed by atoms with Crippen molar-refractivity contribution in [2.75, 3.05) is 7.05 Å². The van der Waals surface area contributed by atoms with E-state index in [-0.39, 0.29) is 23.3 Å².